The number of allylic oxidation sites excluding steroid dienone is 1. The van der Waals surface area contributed by atoms with Crippen LogP contribution in [-0.4, -0.2) is 18.3 Å². The molecule has 0 atom stereocenters. The molecule has 0 radical (unpaired) electrons. The smallest absolute Gasteiger partial charge is 0.0849 e. The summed E-state index contributed by atoms with van der Waals surface area (Å²) in [5, 5.41) is 10.1. The Kier molecular flexibility index (Phi) is 8.02. The van der Waals surface area contributed by atoms with Crippen molar-refractivity contribution in [1.82, 2.24) is 0 Å². The molecule has 2 nitrogen and oxygen atoms in total. The van der Waals surface area contributed by atoms with E-state index >= 15 is 0 Å². The molecule has 0 aromatic heterocycles. The zero-order valence-electron chi connectivity index (χ0n) is 5.54. The lowest BCUT2D eigenvalue weighted by atomic mass is 10.5. The number of rotatable bonds is 5. The number of hydrogen-bond donors (Lipinski definition) is 1. The summed E-state index contributed by atoms with van der Waals surface area (Å²) in [5.74, 6) is 0. The molecule has 0 aliphatic heterocycles. The van der Waals surface area contributed by atoms with Gasteiger partial charge in [-0.25, -0.2) is 0 Å². The second-order valence-electron chi connectivity index (χ2n) is 1.42. The highest BCUT2D eigenvalue weighted by Crippen LogP contribution is 2.03. The van der Waals surface area contributed by atoms with E-state index in [1.165, 1.54) is 12.0 Å². The second-order valence-corrected chi connectivity index (χ2v) is 2.12. The molecule has 54 valence electrons. The lowest BCUT2D eigenvalue weighted by Gasteiger charge is -1.91. The molecule has 0 saturated heterocycles. The molecule has 9 heavy (non-hydrogen) atoms. The maximum atomic E-state index is 8.26. The molecule has 0 spiro atoms. The van der Waals surface area contributed by atoms with Crippen molar-refractivity contribution in [2.24, 2.45) is 0 Å². The first kappa shape index (κ1) is 9.01. The number of aliphatic hydroxyl groups excluding tert-OH is 1. The van der Waals surface area contributed by atoms with Gasteiger partial charge in [-0.3, -0.25) is 0 Å². The summed E-state index contributed by atoms with van der Waals surface area (Å²) in [6.45, 7) is 2.55. The molecule has 3 heteroatoms. The molecule has 0 aromatic carbocycles. The van der Waals surface area contributed by atoms with E-state index < -0.39 is 0 Å². The van der Waals surface area contributed by atoms with Gasteiger partial charge in [-0.2, -0.15) is 0 Å². The molecular formula is C6H12O2S. The zero-order chi connectivity index (χ0) is 6.95. The Morgan fingerprint density at radius 1 is 1.67 bits per heavy atom. The van der Waals surface area contributed by atoms with Crippen LogP contribution in [0.2, 0.25) is 0 Å². The Balaban J connectivity index is 2.82. The zero-order valence-corrected chi connectivity index (χ0v) is 6.36. The van der Waals surface area contributed by atoms with Crippen molar-refractivity contribution in [2.45, 2.75) is 13.3 Å². The van der Waals surface area contributed by atoms with Gasteiger partial charge in [0.05, 0.1) is 13.2 Å². The molecule has 0 heterocycles. The topological polar surface area (TPSA) is 29.5 Å². The maximum Gasteiger partial charge on any atom is 0.0849 e. The Hall–Kier alpha value is 0.01000. The standard InChI is InChI=1S/C6H12O2S/c1-2-3-6-9-8-5-4-7/h3,6-7H,2,4-5H2,1H3. The minimum Gasteiger partial charge on any atom is -0.394 e. The van der Waals surface area contributed by atoms with Gasteiger partial charge in [-0.05, 0) is 11.8 Å². The monoisotopic (exact) mass is 148 g/mol. The van der Waals surface area contributed by atoms with Crippen LogP contribution in [0.1, 0.15) is 13.3 Å². The minimum absolute atomic E-state index is 0.0902. The summed E-state index contributed by atoms with van der Waals surface area (Å²) in [4.78, 5) is 0. The highest BCUT2D eigenvalue weighted by Gasteiger charge is 1.79. The first-order valence-electron chi connectivity index (χ1n) is 2.96. The maximum absolute atomic E-state index is 8.26. The van der Waals surface area contributed by atoms with Crippen LogP contribution in [0, 0.1) is 0 Å². The first-order chi connectivity index (χ1) is 4.41. The lowest BCUT2D eigenvalue weighted by Crippen LogP contribution is -1.90. The highest BCUT2D eigenvalue weighted by atomic mass is 32.2. The Bertz CT molecular complexity index is 73.5. The fourth-order valence-corrected chi connectivity index (χ4v) is 0.781. The van der Waals surface area contributed by atoms with Gasteiger partial charge in [0.15, 0.2) is 0 Å². The van der Waals surface area contributed by atoms with Crippen LogP contribution in [0.25, 0.3) is 0 Å². The van der Waals surface area contributed by atoms with Crippen molar-refractivity contribution >= 4 is 12.0 Å². The molecule has 0 bridgehead atoms. The van der Waals surface area contributed by atoms with Crippen LogP contribution in [0.5, 0.6) is 0 Å². The van der Waals surface area contributed by atoms with Gasteiger partial charge in [-0.1, -0.05) is 13.0 Å². The van der Waals surface area contributed by atoms with Gasteiger partial charge >= 0.3 is 0 Å². The summed E-state index contributed by atoms with van der Waals surface area (Å²) in [6.07, 6.45) is 3.03. The summed E-state index contributed by atoms with van der Waals surface area (Å²) in [7, 11) is 0. The molecule has 0 aliphatic rings. The normalized spacial score (nSPS) is 10.9. The number of hydrogen-bond acceptors (Lipinski definition) is 3. The van der Waals surface area contributed by atoms with Crippen molar-refractivity contribution in [3.63, 3.8) is 0 Å². The summed E-state index contributed by atoms with van der Waals surface area (Å²) >= 11 is 1.26. The SMILES string of the molecule is CCC=CSOCCO. The van der Waals surface area contributed by atoms with Crippen LogP contribution in [0.4, 0.5) is 0 Å². The van der Waals surface area contributed by atoms with E-state index in [2.05, 4.69) is 6.92 Å². The van der Waals surface area contributed by atoms with Gasteiger partial charge in [0.1, 0.15) is 0 Å². The third-order valence-corrected chi connectivity index (χ3v) is 1.24. The molecule has 1 N–H and O–H groups in total. The summed E-state index contributed by atoms with van der Waals surface area (Å²) < 4.78 is 4.86. The quantitative estimate of drug-likeness (QED) is 0.474. The summed E-state index contributed by atoms with van der Waals surface area (Å²) in [5.41, 5.74) is 0. The minimum atomic E-state index is 0.0902. The van der Waals surface area contributed by atoms with Crippen LogP contribution in [-0.2, 0) is 4.18 Å². The molecule has 0 rings (SSSR count). The van der Waals surface area contributed by atoms with E-state index in [4.69, 9.17) is 9.29 Å². The highest BCUT2D eigenvalue weighted by molar-refractivity contribution is 7.97. The van der Waals surface area contributed by atoms with Crippen LogP contribution < -0.4 is 0 Å². The fraction of sp³-hybridized carbons (Fsp3) is 0.667. The Morgan fingerprint density at radius 3 is 3.00 bits per heavy atom. The van der Waals surface area contributed by atoms with Crippen LogP contribution in [0.15, 0.2) is 11.5 Å². The van der Waals surface area contributed by atoms with Crippen molar-refractivity contribution in [1.29, 1.82) is 0 Å². The molecule has 0 amide bonds. The predicted molar refractivity (Wildman–Crippen MR) is 40.1 cm³/mol. The van der Waals surface area contributed by atoms with Gasteiger partial charge in [-0.15, -0.1) is 0 Å². The third kappa shape index (κ3) is 8.01. The largest absolute Gasteiger partial charge is 0.394 e. The van der Waals surface area contributed by atoms with Crippen LogP contribution in [0.3, 0.4) is 0 Å². The molecule has 0 unspecified atom stereocenters. The van der Waals surface area contributed by atoms with Gasteiger partial charge in [0, 0.05) is 12.0 Å². The number of aliphatic hydroxyl groups is 1. The van der Waals surface area contributed by atoms with E-state index in [0.717, 1.165) is 6.42 Å². The predicted octanol–water partition coefficient (Wildman–Crippen LogP) is 1.57. The molecule has 0 aromatic rings. The summed E-state index contributed by atoms with van der Waals surface area (Å²) in [6, 6.07) is 0. The van der Waals surface area contributed by atoms with Crippen molar-refractivity contribution < 1.29 is 9.29 Å². The lowest BCUT2D eigenvalue weighted by molar-refractivity contribution is 0.222. The molecule has 0 aliphatic carbocycles. The molecule has 0 saturated carbocycles. The first-order valence-corrected chi connectivity index (χ1v) is 3.76. The Morgan fingerprint density at radius 2 is 2.44 bits per heavy atom. The molecule has 0 fully saturated rings. The third-order valence-electron chi connectivity index (χ3n) is 0.630. The van der Waals surface area contributed by atoms with Crippen molar-refractivity contribution in [3.8, 4) is 0 Å². The van der Waals surface area contributed by atoms with Crippen molar-refractivity contribution in [3.05, 3.63) is 11.5 Å². The fourth-order valence-electron chi connectivity index (χ4n) is 0.260. The van der Waals surface area contributed by atoms with E-state index in [0.29, 0.717) is 6.61 Å². The van der Waals surface area contributed by atoms with Gasteiger partial charge in [0.2, 0.25) is 0 Å². The van der Waals surface area contributed by atoms with E-state index in [1.54, 1.807) is 0 Å². The van der Waals surface area contributed by atoms with Crippen molar-refractivity contribution in [2.75, 3.05) is 13.2 Å². The van der Waals surface area contributed by atoms with E-state index in [-0.39, 0.29) is 6.61 Å². The van der Waals surface area contributed by atoms with E-state index in [1.807, 2.05) is 11.5 Å². The average molecular weight is 148 g/mol. The van der Waals surface area contributed by atoms with Gasteiger partial charge in [0.25, 0.3) is 0 Å². The van der Waals surface area contributed by atoms with Crippen LogP contribution >= 0.6 is 12.0 Å². The second kappa shape index (κ2) is 8.01. The van der Waals surface area contributed by atoms with E-state index in [9.17, 15) is 0 Å². The average Bonchev–Trinajstić information content (AvgIpc) is 1.89. The van der Waals surface area contributed by atoms with Gasteiger partial charge < -0.3 is 9.29 Å². The Labute approximate surface area is 60.1 Å². The molecular weight excluding hydrogens is 136 g/mol.